The molecule has 1 aliphatic heterocycles. The van der Waals surface area contributed by atoms with Crippen molar-refractivity contribution in [3.63, 3.8) is 0 Å². The van der Waals surface area contributed by atoms with E-state index in [1.165, 1.54) is 6.20 Å². The minimum Gasteiger partial charge on any atom is -0.357 e. The van der Waals surface area contributed by atoms with E-state index >= 15 is 0 Å². The molecule has 0 bridgehead atoms. The molecule has 3 nitrogen and oxygen atoms in total. The SMILES string of the molecule is NC(Cc1ccc(N2CCCC2)nc1)C(F)(F)F. The number of halogens is 3. The second-order valence-corrected chi connectivity index (χ2v) is 4.57. The van der Waals surface area contributed by atoms with Crippen molar-refractivity contribution in [3.8, 4) is 0 Å². The highest BCUT2D eigenvalue weighted by atomic mass is 19.4. The van der Waals surface area contributed by atoms with Crippen LogP contribution in [0, 0.1) is 0 Å². The van der Waals surface area contributed by atoms with Crippen molar-refractivity contribution in [3.05, 3.63) is 23.9 Å². The highest BCUT2D eigenvalue weighted by molar-refractivity contribution is 5.40. The Morgan fingerprint density at radius 3 is 2.44 bits per heavy atom. The van der Waals surface area contributed by atoms with E-state index in [4.69, 9.17) is 5.73 Å². The van der Waals surface area contributed by atoms with Gasteiger partial charge in [0.2, 0.25) is 0 Å². The van der Waals surface area contributed by atoms with Gasteiger partial charge in [0.05, 0.1) is 0 Å². The van der Waals surface area contributed by atoms with Gasteiger partial charge >= 0.3 is 6.18 Å². The van der Waals surface area contributed by atoms with Gasteiger partial charge in [-0.25, -0.2) is 4.98 Å². The molecule has 2 heterocycles. The second kappa shape index (κ2) is 5.14. The number of hydrogen-bond acceptors (Lipinski definition) is 3. The zero-order chi connectivity index (χ0) is 13.2. The van der Waals surface area contributed by atoms with Gasteiger partial charge in [0.25, 0.3) is 0 Å². The molecule has 1 saturated heterocycles. The number of hydrogen-bond donors (Lipinski definition) is 1. The van der Waals surface area contributed by atoms with Crippen molar-refractivity contribution in [1.29, 1.82) is 0 Å². The van der Waals surface area contributed by atoms with Crippen LogP contribution in [0.3, 0.4) is 0 Å². The Kier molecular flexibility index (Phi) is 3.75. The van der Waals surface area contributed by atoms with Gasteiger partial charge in [-0.3, -0.25) is 0 Å². The first-order chi connectivity index (χ1) is 8.47. The van der Waals surface area contributed by atoms with E-state index in [0.717, 1.165) is 31.7 Å². The van der Waals surface area contributed by atoms with Gasteiger partial charge in [0.1, 0.15) is 11.9 Å². The molecule has 0 aromatic carbocycles. The first-order valence-corrected chi connectivity index (χ1v) is 5.99. The molecular formula is C12H16F3N3. The van der Waals surface area contributed by atoms with Gasteiger partial charge in [-0.15, -0.1) is 0 Å². The smallest absolute Gasteiger partial charge is 0.357 e. The molecule has 0 saturated carbocycles. The molecule has 1 aromatic heterocycles. The van der Waals surface area contributed by atoms with Gasteiger partial charge < -0.3 is 10.6 Å². The minimum absolute atomic E-state index is 0.225. The summed E-state index contributed by atoms with van der Waals surface area (Å²) in [7, 11) is 0. The van der Waals surface area contributed by atoms with Crippen LogP contribution < -0.4 is 10.6 Å². The third kappa shape index (κ3) is 3.13. The molecule has 1 atom stereocenters. The Bertz CT molecular complexity index is 383. The van der Waals surface area contributed by atoms with E-state index in [-0.39, 0.29) is 6.42 Å². The Morgan fingerprint density at radius 1 is 1.28 bits per heavy atom. The van der Waals surface area contributed by atoms with Crippen molar-refractivity contribution in [2.24, 2.45) is 5.73 Å². The predicted octanol–water partition coefficient (Wildman–Crippen LogP) is 2.11. The molecule has 6 heteroatoms. The average Bonchev–Trinajstić information content (AvgIpc) is 2.82. The molecule has 1 aromatic rings. The standard InChI is InChI=1S/C12H16F3N3/c13-12(14,15)10(16)7-9-3-4-11(17-8-9)18-5-1-2-6-18/h3-4,8,10H,1-2,5-7,16H2. The number of alkyl halides is 3. The van der Waals surface area contributed by atoms with Crippen LogP contribution in [-0.4, -0.2) is 30.3 Å². The Hall–Kier alpha value is -1.30. The molecule has 18 heavy (non-hydrogen) atoms. The molecule has 2 rings (SSSR count). The molecule has 100 valence electrons. The highest BCUT2D eigenvalue weighted by Crippen LogP contribution is 2.22. The fourth-order valence-corrected chi connectivity index (χ4v) is 2.04. The number of pyridine rings is 1. The third-order valence-electron chi connectivity index (χ3n) is 3.12. The van der Waals surface area contributed by atoms with Crippen LogP contribution in [0.25, 0.3) is 0 Å². The zero-order valence-electron chi connectivity index (χ0n) is 9.95. The fraction of sp³-hybridized carbons (Fsp3) is 0.583. The largest absolute Gasteiger partial charge is 0.403 e. The van der Waals surface area contributed by atoms with Crippen LogP contribution in [-0.2, 0) is 6.42 Å². The first kappa shape index (κ1) is 13.1. The summed E-state index contributed by atoms with van der Waals surface area (Å²) in [4.78, 5) is 6.33. The van der Waals surface area contributed by atoms with E-state index in [1.54, 1.807) is 12.1 Å². The molecule has 0 spiro atoms. The van der Waals surface area contributed by atoms with Gasteiger partial charge in [-0.2, -0.15) is 13.2 Å². The molecule has 1 fully saturated rings. The quantitative estimate of drug-likeness (QED) is 0.904. The van der Waals surface area contributed by atoms with Crippen molar-refractivity contribution < 1.29 is 13.2 Å². The van der Waals surface area contributed by atoms with E-state index < -0.39 is 12.2 Å². The third-order valence-corrected chi connectivity index (χ3v) is 3.12. The Balaban J connectivity index is 1.99. The second-order valence-electron chi connectivity index (χ2n) is 4.57. The van der Waals surface area contributed by atoms with Crippen LogP contribution in [0.4, 0.5) is 19.0 Å². The summed E-state index contributed by atoms with van der Waals surface area (Å²) < 4.78 is 36.9. The van der Waals surface area contributed by atoms with E-state index in [9.17, 15) is 13.2 Å². The monoisotopic (exact) mass is 259 g/mol. The van der Waals surface area contributed by atoms with E-state index in [2.05, 4.69) is 9.88 Å². The van der Waals surface area contributed by atoms with E-state index in [0.29, 0.717) is 5.56 Å². The van der Waals surface area contributed by atoms with Gasteiger partial charge in [0, 0.05) is 19.3 Å². The van der Waals surface area contributed by atoms with Crippen LogP contribution in [0.15, 0.2) is 18.3 Å². The summed E-state index contributed by atoms with van der Waals surface area (Å²) in [6.45, 7) is 1.93. The molecule has 1 unspecified atom stereocenters. The van der Waals surface area contributed by atoms with Crippen LogP contribution >= 0.6 is 0 Å². The predicted molar refractivity (Wildman–Crippen MR) is 63.4 cm³/mol. The summed E-state index contributed by atoms with van der Waals surface area (Å²) in [6.07, 6.45) is -0.811. The summed E-state index contributed by atoms with van der Waals surface area (Å²) in [6, 6.07) is 1.62. The number of nitrogens with two attached hydrogens (primary N) is 1. The maximum Gasteiger partial charge on any atom is 0.403 e. The maximum absolute atomic E-state index is 12.3. The van der Waals surface area contributed by atoms with Crippen molar-refractivity contribution in [2.75, 3.05) is 18.0 Å². The van der Waals surface area contributed by atoms with Gasteiger partial charge in [-0.05, 0) is 30.9 Å². The maximum atomic E-state index is 12.3. The summed E-state index contributed by atoms with van der Waals surface area (Å²) >= 11 is 0. The molecule has 0 amide bonds. The van der Waals surface area contributed by atoms with Crippen LogP contribution in [0.5, 0.6) is 0 Å². The minimum atomic E-state index is -4.35. The molecule has 2 N–H and O–H groups in total. The van der Waals surface area contributed by atoms with Gasteiger partial charge in [0.15, 0.2) is 0 Å². The number of nitrogens with zero attached hydrogens (tertiary/aromatic N) is 2. The first-order valence-electron chi connectivity index (χ1n) is 5.99. The van der Waals surface area contributed by atoms with Crippen LogP contribution in [0.1, 0.15) is 18.4 Å². The molecule has 0 aliphatic carbocycles. The van der Waals surface area contributed by atoms with E-state index in [1.807, 2.05) is 0 Å². The van der Waals surface area contributed by atoms with Crippen LogP contribution in [0.2, 0.25) is 0 Å². The lowest BCUT2D eigenvalue weighted by Gasteiger charge is -2.18. The number of rotatable bonds is 3. The highest BCUT2D eigenvalue weighted by Gasteiger charge is 2.36. The average molecular weight is 259 g/mol. The topological polar surface area (TPSA) is 42.1 Å². The number of aromatic nitrogens is 1. The summed E-state index contributed by atoms with van der Waals surface area (Å²) in [5, 5.41) is 0. The molecule has 1 aliphatic rings. The molecule has 0 radical (unpaired) electrons. The van der Waals surface area contributed by atoms with Gasteiger partial charge in [-0.1, -0.05) is 6.07 Å². The Morgan fingerprint density at radius 2 is 1.94 bits per heavy atom. The normalized spacial score (nSPS) is 18.1. The van der Waals surface area contributed by atoms with Crippen molar-refractivity contribution >= 4 is 5.82 Å². The fourth-order valence-electron chi connectivity index (χ4n) is 2.04. The summed E-state index contributed by atoms with van der Waals surface area (Å²) in [5.74, 6) is 0.830. The zero-order valence-corrected chi connectivity index (χ0v) is 9.95. The Labute approximate surface area is 104 Å². The summed E-state index contributed by atoms with van der Waals surface area (Å²) in [5.41, 5.74) is 5.60. The lowest BCUT2D eigenvalue weighted by atomic mass is 10.1. The number of anilines is 1. The molecular weight excluding hydrogens is 243 g/mol. The lowest BCUT2D eigenvalue weighted by molar-refractivity contribution is -0.147. The van der Waals surface area contributed by atoms with Crippen molar-refractivity contribution in [2.45, 2.75) is 31.5 Å². The van der Waals surface area contributed by atoms with Crippen molar-refractivity contribution in [1.82, 2.24) is 4.98 Å². The lowest BCUT2D eigenvalue weighted by Crippen LogP contribution is -2.39.